The zero-order chi connectivity index (χ0) is 29.5. The van der Waals surface area contributed by atoms with Crippen LogP contribution in [0.1, 0.15) is 38.5 Å². The lowest BCUT2D eigenvalue weighted by atomic mass is 9.96. The molecule has 2 fully saturated rings. The van der Waals surface area contributed by atoms with Crippen LogP contribution in [-0.4, -0.2) is 47.4 Å². The van der Waals surface area contributed by atoms with Crippen LogP contribution in [0.5, 0.6) is 5.88 Å². The molecule has 0 radical (unpaired) electrons. The Kier molecular flexibility index (Phi) is 10.2. The van der Waals surface area contributed by atoms with E-state index in [0.29, 0.717) is 57.2 Å². The highest BCUT2D eigenvalue weighted by Gasteiger charge is 2.18. The molecule has 222 valence electrons. The highest BCUT2D eigenvalue weighted by atomic mass is 35.5. The van der Waals surface area contributed by atoms with Crippen molar-refractivity contribution in [1.29, 1.82) is 0 Å². The summed E-state index contributed by atoms with van der Waals surface area (Å²) in [6.45, 7) is 1.43. The number of alkyl halides is 1. The summed E-state index contributed by atoms with van der Waals surface area (Å²) in [4.78, 5) is 13.7. The van der Waals surface area contributed by atoms with Crippen molar-refractivity contribution < 1.29 is 17.9 Å². The second kappa shape index (κ2) is 14.3. The summed E-state index contributed by atoms with van der Waals surface area (Å²) in [6, 6.07) is 9.73. The molecule has 2 aromatic carbocycles. The van der Waals surface area contributed by atoms with Gasteiger partial charge in [0.25, 0.3) is 0 Å². The van der Waals surface area contributed by atoms with Crippen molar-refractivity contribution in [3.05, 3.63) is 65.4 Å². The standard InChI is InChI=1S/C26H24ClF2N5OS.C4H8FN/c1-35-25-22(12-17(27)14-30-25)36-34-21-10-8-19(28)23(24(21)29)15-7-9-20-16(11-15)13-31-26(33-20)32-18-5-3-2-4-6-18;5-4-1-2-6-3-4/h7-14,18,34H,2-6H2,1H3,(H,31,32,33);4,6H,1-3H2. The first-order valence-corrected chi connectivity index (χ1v) is 15.1. The third-order valence-corrected chi connectivity index (χ3v) is 8.19. The van der Waals surface area contributed by atoms with Gasteiger partial charge in [0.15, 0.2) is 5.82 Å². The van der Waals surface area contributed by atoms with E-state index in [1.807, 2.05) is 0 Å². The van der Waals surface area contributed by atoms with Crippen LogP contribution in [0, 0.1) is 11.6 Å². The van der Waals surface area contributed by atoms with Gasteiger partial charge >= 0.3 is 0 Å². The SMILES string of the molecule is COc1ncc(Cl)cc1SNc1ccc(F)c(-c2ccc3nc(NC4CCCCC4)ncc3c2)c1F.FC1CCNC1. The number of ether oxygens (including phenoxy) is 1. The molecule has 1 aliphatic heterocycles. The number of hydrogen-bond donors (Lipinski definition) is 3. The topological polar surface area (TPSA) is 84.0 Å². The smallest absolute Gasteiger partial charge is 0.228 e. The molecule has 3 N–H and O–H groups in total. The number of anilines is 2. The van der Waals surface area contributed by atoms with Gasteiger partial charge in [-0.05, 0) is 73.7 Å². The van der Waals surface area contributed by atoms with E-state index in [9.17, 15) is 8.78 Å². The van der Waals surface area contributed by atoms with Crippen molar-refractivity contribution in [2.75, 3.05) is 30.2 Å². The fourth-order valence-corrected chi connectivity index (χ4v) is 5.96. The fourth-order valence-electron chi connectivity index (χ4n) is 4.95. The number of benzene rings is 2. The molecule has 4 aromatic rings. The number of rotatable bonds is 7. The number of halogens is 4. The third-order valence-electron chi connectivity index (χ3n) is 7.15. The van der Waals surface area contributed by atoms with E-state index in [0.717, 1.165) is 31.3 Å². The lowest BCUT2D eigenvalue weighted by Crippen LogP contribution is -2.23. The minimum atomic E-state index is -0.715. The maximum absolute atomic E-state index is 15.5. The molecule has 1 saturated carbocycles. The molecule has 1 unspecified atom stereocenters. The Balaban J connectivity index is 0.000000524. The van der Waals surface area contributed by atoms with Crippen LogP contribution in [0.2, 0.25) is 5.02 Å². The van der Waals surface area contributed by atoms with Crippen LogP contribution in [0.25, 0.3) is 22.0 Å². The maximum atomic E-state index is 15.5. The first-order chi connectivity index (χ1) is 20.4. The predicted octanol–water partition coefficient (Wildman–Crippen LogP) is 7.81. The Bertz CT molecular complexity index is 1520. The average molecular weight is 617 g/mol. The zero-order valence-corrected chi connectivity index (χ0v) is 24.7. The van der Waals surface area contributed by atoms with Crippen molar-refractivity contribution in [2.45, 2.75) is 55.6 Å². The van der Waals surface area contributed by atoms with E-state index < -0.39 is 17.8 Å². The number of aromatic nitrogens is 3. The molecule has 7 nitrogen and oxygen atoms in total. The number of fused-ring (bicyclic) bond motifs is 1. The second-order valence-electron chi connectivity index (χ2n) is 10.2. The van der Waals surface area contributed by atoms with E-state index in [1.165, 1.54) is 44.7 Å². The van der Waals surface area contributed by atoms with Gasteiger partial charge in [-0.2, -0.15) is 0 Å². The van der Waals surface area contributed by atoms with Crippen LogP contribution < -0.4 is 20.1 Å². The van der Waals surface area contributed by atoms with Gasteiger partial charge in [-0.25, -0.2) is 28.1 Å². The number of nitrogens with one attached hydrogen (secondary N) is 3. The van der Waals surface area contributed by atoms with Crippen molar-refractivity contribution in [2.24, 2.45) is 0 Å². The highest BCUT2D eigenvalue weighted by Crippen LogP contribution is 2.36. The molecule has 3 heterocycles. The summed E-state index contributed by atoms with van der Waals surface area (Å²) >= 11 is 7.09. The first kappa shape index (κ1) is 30.2. The lowest BCUT2D eigenvalue weighted by molar-refractivity contribution is 0.361. The molecule has 2 aromatic heterocycles. The quantitative estimate of drug-likeness (QED) is 0.181. The van der Waals surface area contributed by atoms with E-state index in [-0.39, 0.29) is 11.3 Å². The van der Waals surface area contributed by atoms with Gasteiger partial charge < -0.3 is 20.1 Å². The molecular weight excluding hydrogens is 585 g/mol. The van der Waals surface area contributed by atoms with E-state index in [2.05, 4.69) is 30.3 Å². The van der Waals surface area contributed by atoms with Crippen molar-refractivity contribution >= 4 is 46.1 Å². The number of pyridine rings is 1. The van der Waals surface area contributed by atoms with Gasteiger partial charge in [-0.15, -0.1) is 0 Å². The molecule has 1 aliphatic carbocycles. The summed E-state index contributed by atoms with van der Waals surface area (Å²) in [5.41, 5.74) is 1.08. The summed E-state index contributed by atoms with van der Waals surface area (Å²) in [5.74, 6) is -0.464. The second-order valence-corrected chi connectivity index (χ2v) is 11.5. The van der Waals surface area contributed by atoms with Gasteiger partial charge in [0.2, 0.25) is 11.8 Å². The van der Waals surface area contributed by atoms with Crippen LogP contribution in [0.4, 0.5) is 24.8 Å². The Labute approximate surface area is 252 Å². The van der Waals surface area contributed by atoms with Crippen LogP contribution in [0.3, 0.4) is 0 Å². The summed E-state index contributed by atoms with van der Waals surface area (Å²) < 4.78 is 50.3. The number of methoxy groups -OCH3 is 1. The van der Waals surface area contributed by atoms with Crippen LogP contribution in [-0.2, 0) is 0 Å². The number of hydrogen-bond acceptors (Lipinski definition) is 8. The molecule has 1 saturated heterocycles. The molecule has 1 atom stereocenters. The monoisotopic (exact) mass is 616 g/mol. The Morgan fingerprint density at radius 1 is 1.02 bits per heavy atom. The van der Waals surface area contributed by atoms with Crippen molar-refractivity contribution in [3.63, 3.8) is 0 Å². The van der Waals surface area contributed by atoms with Gasteiger partial charge in [0.05, 0.1) is 33.8 Å². The predicted molar refractivity (Wildman–Crippen MR) is 163 cm³/mol. The molecule has 42 heavy (non-hydrogen) atoms. The molecular formula is C30H32ClF3N6OS. The summed E-state index contributed by atoms with van der Waals surface area (Å²) in [5, 5.41) is 7.42. The first-order valence-electron chi connectivity index (χ1n) is 13.9. The molecule has 0 bridgehead atoms. The average Bonchev–Trinajstić information content (AvgIpc) is 3.48. The molecule has 6 rings (SSSR count). The fraction of sp³-hybridized carbons (Fsp3) is 0.367. The highest BCUT2D eigenvalue weighted by molar-refractivity contribution is 8.00. The third kappa shape index (κ3) is 7.56. The van der Waals surface area contributed by atoms with Crippen LogP contribution >= 0.6 is 23.5 Å². The molecule has 12 heteroatoms. The Morgan fingerprint density at radius 3 is 2.57 bits per heavy atom. The Morgan fingerprint density at radius 2 is 1.86 bits per heavy atom. The van der Waals surface area contributed by atoms with Gasteiger partial charge in [-0.3, -0.25) is 0 Å². The van der Waals surface area contributed by atoms with Crippen molar-refractivity contribution in [1.82, 2.24) is 20.3 Å². The minimum absolute atomic E-state index is 0.113. The van der Waals surface area contributed by atoms with E-state index in [1.54, 1.807) is 30.5 Å². The maximum Gasteiger partial charge on any atom is 0.228 e. The van der Waals surface area contributed by atoms with E-state index >= 15 is 4.39 Å². The molecule has 0 spiro atoms. The van der Waals surface area contributed by atoms with E-state index in [4.69, 9.17) is 16.3 Å². The summed E-state index contributed by atoms with van der Waals surface area (Å²) in [7, 11) is 1.48. The minimum Gasteiger partial charge on any atom is -0.480 e. The van der Waals surface area contributed by atoms with Gasteiger partial charge in [0, 0.05) is 30.4 Å². The molecule has 2 aliphatic rings. The van der Waals surface area contributed by atoms with Gasteiger partial charge in [-0.1, -0.05) is 36.9 Å². The summed E-state index contributed by atoms with van der Waals surface area (Å²) in [6.07, 6.45) is 9.20. The van der Waals surface area contributed by atoms with Crippen molar-refractivity contribution in [3.8, 4) is 17.0 Å². The largest absolute Gasteiger partial charge is 0.480 e. The normalized spacial score (nSPS) is 17.0. The van der Waals surface area contributed by atoms with Gasteiger partial charge in [0.1, 0.15) is 12.0 Å². The Hall–Kier alpha value is -3.28. The van der Waals surface area contributed by atoms with Crippen LogP contribution in [0.15, 0.2) is 53.7 Å². The number of nitrogens with zero attached hydrogens (tertiary/aromatic N) is 3. The zero-order valence-electron chi connectivity index (χ0n) is 23.1. The molecule has 0 amide bonds. The lowest BCUT2D eigenvalue weighted by Gasteiger charge is -2.22.